The molecule has 6 unspecified atom stereocenters. The number of hydrogen-bond donors (Lipinski definition) is 2. The molecule has 0 aromatic heterocycles. The summed E-state index contributed by atoms with van der Waals surface area (Å²) in [6.45, 7) is 0. The van der Waals surface area contributed by atoms with Gasteiger partial charge in [0.15, 0.2) is 0 Å². The van der Waals surface area contributed by atoms with Crippen molar-refractivity contribution in [1.29, 1.82) is 0 Å². The monoisotopic (exact) mass is 883 g/mol. The second-order valence-electron chi connectivity index (χ2n) is 14.4. The highest BCUT2D eigenvalue weighted by atomic mass is 127. The van der Waals surface area contributed by atoms with Gasteiger partial charge in [-0.1, -0.05) is 77.3 Å². The van der Waals surface area contributed by atoms with Crippen LogP contribution in [0.25, 0.3) is 10.8 Å². The van der Waals surface area contributed by atoms with Gasteiger partial charge in [-0.2, -0.15) is 5.01 Å². The Morgan fingerprint density at radius 2 is 1.60 bits per heavy atom. The normalized spacial score (nSPS) is 25.8. The number of carbonyl (C=O) groups excluding carboxylic acids is 4. The highest BCUT2D eigenvalue weighted by Crippen LogP contribution is 2.65. The number of carbonyl (C=O) groups is 4. The van der Waals surface area contributed by atoms with Crippen LogP contribution in [0.1, 0.15) is 29.9 Å². The van der Waals surface area contributed by atoms with E-state index < -0.39 is 46.8 Å². The summed E-state index contributed by atoms with van der Waals surface area (Å²) in [5.41, 5.74) is 3.92. The molecule has 9 rings (SSSR count). The van der Waals surface area contributed by atoms with Crippen molar-refractivity contribution >= 4 is 91.6 Å². The molecule has 6 atom stereocenters. The lowest BCUT2D eigenvalue weighted by molar-refractivity contribution is -0.138. The van der Waals surface area contributed by atoms with Crippen LogP contribution >= 0.6 is 45.8 Å². The second kappa shape index (κ2) is 13.4. The molecule has 0 radical (unpaired) electrons. The molecule has 276 valence electrons. The van der Waals surface area contributed by atoms with Gasteiger partial charge >= 0.3 is 0 Å². The van der Waals surface area contributed by atoms with E-state index in [9.17, 15) is 14.7 Å². The number of methoxy groups -OCH3 is 1. The van der Waals surface area contributed by atoms with Gasteiger partial charge in [-0.25, -0.2) is 0 Å². The van der Waals surface area contributed by atoms with E-state index in [1.54, 1.807) is 61.7 Å². The molecule has 2 N–H and O–H groups in total. The molecule has 12 heteroatoms. The van der Waals surface area contributed by atoms with Gasteiger partial charge in [0.1, 0.15) is 11.5 Å². The molecule has 5 aromatic rings. The van der Waals surface area contributed by atoms with E-state index in [2.05, 4.69) is 28.0 Å². The first-order chi connectivity index (χ1) is 26.5. The molecule has 5 aromatic carbocycles. The lowest BCUT2D eigenvalue weighted by Crippen LogP contribution is -2.53. The molecule has 4 aliphatic rings. The number of ether oxygens (including phenoxy) is 1. The number of fused-ring (bicyclic) bond motifs is 5. The predicted molar refractivity (Wildman–Crippen MR) is 218 cm³/mol. The number of rotatable bonds is 6. The van der Waals surface area contributed by atoms with Crippen LogP contribution in [0.5, 0.6) is 11.5 Å². The number of anilines is 2. The number of phenols is 1. The van der Waals surface area contributed by atoms with Gasteiger partial charge in [0.25, 0.3) is 11.8 Å². The Kier molecular flexibility index (Phi) is 8.71. The van der Waals surface area contributed by atoms with Gasteiger partial charge in [-0.3, -0.25) is 29.5 Å². The highest BCUT2D eigenvalue weighted by Gasteiger charge is 2.71. The van der Waals surface area contributed by atoms with Crippen LogP contribution in [-0.4, -0.2) is 40.9 Å². The standard InChI is InChI=1S/C43H32Cl2IN3O6/c1-55-27-14-7-23(8-15-27)43-32(40(52)49(42(43)54)47-34-18-9-24(44)20-33(34)45)21-31-29(38(43)37-28-5-3-2-4-22(28)6-19-35(37)50)16-17-30-36(31)41(53)48(39(30)51)26-12-10-25(46)11-13-26/h2-16,18-20,30-32,36,38,47,50H,17,21H2,1H3. The summed E-state index contributed by atoms with van der Waals surface area (Å²) in [6, 6.07) is 30.0. The summed E-state index contributed by atoms with van der Waals surface area (Å²) in [5.74, 6) is -5.25. The molecule has 2 aliphatic heterocycles. The maximum absolute atomic E-state index is 15.6. The highest BCUT2D eigenvalue weighted by molar-refractivity contribution is 14.1. The third-order valence-electron chi connectivity index (χ3n) is 11.9. The quantitative estimate of drug-likeness (QED) is 0.0997. The summed E-state index contributed by atoms with van der Waals surface area (Å²) in [7, 11) is 1.55. The number of phenolic OH excluding ortho intramolecular Hbond substituents is 1. The van der Waals surface area contributed by atoms with Crippen molar-refractivity contribution in [3.8, 4) is 11.5 Å². The van der Waals surface area contributed by atoms with Crippen LogP contribution in [-0.2, 0) is 24.6 Å². The zero-order valence-corrected chi connectivity index (χ0v) is 32.9. The van der Waals surface area contributed by atoms with Gasteiger partial charge in [0, 0.05) is 20.1 Å². The van der Waals surface area contributed by atoms with Crippen molar-refractivity contribution in [1.82, 2.24) is 5.01 Å². The number of hydrazine groups is 1. The zero-order chi connectivity index (χ0) is 38.3. The van der Waals surface area contributed by atoms with Crippen molar-refractivity contribution in [3.05, 3.63) is 140 Å². The van der Waals surface area contributed by atoms with Crippen LogP contribution < -0.4 is 15.1 Å². The Morgan fingerprint density at radius 1 is 0.855 bits per heavy atom. The van der Waals surface area contributed by atoms with Crippen LogP contribution in [0.3, 0.4) is 0 Å². The molecule has 4 amide bonds. The van der Waals surface area contributed by atoms with Crippen molar-refractivity contribution in [2.45, 2.75) is 24.2 Å². The first-order valence-electron chi connectivity index (χ1n) is 17.8. The largest absolute Gasteiger partial charge is 0.508 e. The maximum atomic E-state index is 15.6. The summed E-state index contributed by atoms with van der Waals surface area (Å²) in [5, 5.41) is 15.1. The number of nitrogens with zero attached hydrogens (tertiary/aromatic N) is 2. The van der Waals surface area contributed by atoms with Gasteiger partial charge in [0.05, 0.1) is 46.7 Å². The average molecular weight is 885 g/mol. The van der Waals surface area contributed by atoms with Crippen LogP contribution in [0.4, 0.5) is 11.4 Å². The van der Waals surface area contributed by atoms with Crippen molar-refractivity contribution in [2.75, 3.05) is 17.4 Å². The fourth-order valence-corrected chi connectivity index (χ4v) is 10.4. The molecular weight excluding hydrogens is 852 g/mol. The summed E-state index contributed by atoms with van der Waals surface area (Å²) < 4.78 is 6.47. The molecule has 2 aliphatic carbocycles. The smallest absolute Gasteiger partial charge is 0.260 e. The lowest BCUT2D eigenvalue weighted by Gasteiger charge is -2.51. The summed E-state index contributed by atoms with van der Waals surface area (Å²) >= 11 is 15.0. The zero-order valence-electron chi connectivity index (χ0n) is 29.2. The van der Waals surface area contributed by atoms with Gasteiger partial charge in [-0.05, 0) is 118 Å². The number of amides is 4. The molecule has 55 heavy (non-hydrogen) atoms. The van der Waals surface area contributed by atoms with E-state index in [-0.39, 0.29) is 35.4 Å². The molecule has 1 saturated carbocycles. The second-order valence-corrected chi connectivity index (χ2v) is 16.5. The van der Waals surface area contributed by atoms with E-state index >= 15 is 9.59 Å². The summed E-state index contributed by atoms with van der Waals surface area (Å²) in [6.07, 6.45) is 2.32. The molecule has 2 saturated heterocycles. The van der Waals surface area contributed by atoms with E-state index in [1.165, 1.54) is 11.0 Å². The number of halogens is 3. The number of nitrogens with one attached hydrogen (secondary N) is 1. The number of aromatic hydroxyl groups is 1. The minimum atomic E-state index is -1.62. The van der Waals surface area contributed by atoms with Crippen LogP contribution in [0.15, 0.2) is 115 Å². The number of imide groups is 2. The molecule has 0 spiro atoms. The van der Waals surface area contributed by atoms with Gasteiger partial charge in [0.2, 0.25) is 11.8 Å². The van der Waals surface area contributed by atoms with Crippen LogP contribution in [0, 0.1) is 27.2 Å². The first-order valence-corrected chi connectivity index (χ1v) is 19.7. The number of allylic oxidation sites excluding steroid dienone is 2. The van der Waals surface area contributed by atoms with Crippen molar-refractivity contribution in [3.63, 3.8) is 0 Å². The first kappa shape index (κ1) is 35.8. The third kappa shape index (κ3) is 5.32. The Balaban J connectivity index is 1.29. The SMILES string of the molecule is COc1ccc(C23C(=O)N(Nc4ccc(Cl)cc4Cl)C(=O)C2CC2C(=CCC4C(=O)N(c5ccc(I)cc5)C(=O)C42)C3c2c(O)ccc3ccccc23)cc1. The lowest BCUT2D eigenvalue weighted by atomic mass is 9.48. The minimum absolute atomic E-state index is 0.0549. The van der Waals surface area contributed by atoms with Crippen molar-refractivity contribution < 1.29 is 29.0 Å². The van der Waals surface area contributed by atoms with E-state index in [0.29, 0.717) is 38.7 Å². The van der Waals surface area contributed by atoms with E-state index in [4.69, 9.17) is 27.9 Å². The molecule has 3 fully saturated rings. The third-order valence-corrected chi connectivity index (χ3v) is 13.2. The fourth-order valence-electron chi connectivity index (χ4n) is 9.59. The Labute approximate surface area is 340 Å². The topological polar surface area (TPSA) is 116 Å². The molecular formula is C43H32Cl2IN3O6. The van der Waals surface area contributed by atoms with Gasteiger partial charge in [-0.15, -0.1) is 0 Å². The molecule has 0 bridgehead atoms. The molecule has 9 nitrogen and oxygen atoms in total. The Bertz CT molecular complexity index is 2490. The van der Waals surface area contributed by atoms with Crippen LogP contribution in [0.2, 0.25) is 10.0 Å². The van der Waals surface area contributed by atoms with Crippen molar-refractivity contribution in [2.24, 2.45) is 23.7 Å². The maximum Gasteiger partial charge on any atom is 0.260 e. The fraction of sp³-hybridized carbons (Fsp3) is 0.209. The number of benzene rings is 5. The summed E-state index contributed by atoms with van der Waals surface area (Å²) in [4.78, 5) is 60.8. The predicted octanol–water partition coefficient (Wildman–Crippen LogP) is 8.65. The minimum Gasteiger partial charge on any atom is -0.508 e. The Hall–Kier alpha value is -4.91. The van der Waals surface area contributed by atoms with E-state index in [1.807, 2.05) is 48.5 Å². The van der Waals surface area contributed by atoms with Gasteiger partial charge < -0.3 is 9.84 Å². The Morgan fingerprint density at radius 3 is 2.33 bits per heavy atom. The average Bonchev–Trinajstić information content (AvgIpc) is 3.57. The van der Waals surface area contributed by atoms with E-state index in [0.717, 1.165) is 19.5 Å². The molecule has 2 heterocycles. The number of hydrogen-bond acceptors (Lipinski definition) is 7.